The van der Waals surface area contributed by atoms with Crippen molar-refractivity contribution in [1.82, 2.24) is 15.0 Å². The van der Waals surface area contributed by atoms with E-state index in [1.807, 2.05) is 9.80 Å². The molecular weight excluding hydrogens is 431 g/mol. The Labute approximate surface area is 182 Å². The summed E-state index contributed by atoms with van der Waals surface area (Å²) in [5.41, 5.74) is 1.04. The van der Waals surface area contributed by atoms with Crippen molar-refractivity contribution in [2.24, 2.45) is 0 Å². The fourth-order valence-corrected chi connectivity index (χ4v) is 3.27. The predicted octanol–water partition coefficient (Wildman–Crippen LogP) is 2.46. The Balaban J connectivity index is 1.41. The molecule has 0 saturated carbocycles. The van der Waals surface area contributed by atoms with Crippen molar-refractivity contribution >= 4 is 23.4 Å². The lowest BCUT2D eigenvalue weighted by atomic mass is 10.2. The number of nitrogens with zero attached hydrogens (tertiary/aromatic N) is 3. The molecule has 0 aliphatic carbocycles. The Kier molecular flexibility index (Phi) is 7.36. The van der Waals surface area contributed by atoms with E-state index in [1.54, 1.807) is 19.9 Å². The quantitative estimate of drug-likeness (QED) is 0.662. The van der Waals surface area contributed by atoms with Gasteiger partial charge < -0.3 is 14.6 Å². The molecule has 1 aliphatic rings. The zero-order chi connectivity index (χ0) is 23.3. The second kappa shape index (κ2) is 10.0. The van der Waals surface area contributed by atoms with Gasteiger partial charge in [0.2, 0.25) is 17.7 Å². The average molecular weight is 455 g/mol. The van der Waals surface area contributed by atoms with Gasteiger partial charge in [-0.25, -0.2) is 0 Å². The molecule has 1 atom stereocenters. The highest BCUT2D eigenvalue weighted by molar-refractivity contribution is 5.93. The molecule has 174 valence electrons. The van der Waals surface area contributed by atoms with Gasteiger partial charge in [-0.1, -0.05) is 5.16 Å². The van der Waals surface area contributed by atoms with E-state index >= 15 is 0 Å². The number of carbonyl (C=O) groups is 2. The van der Waals surface area contributed by atoms with Crippen molar-refractivity contribution in [3.05, 3.63) is 36.0 Å². The molecule has 0 unspecified atom stereocenters. The lowest BCUT2D eigenvalue weighted by Crippen LogP contribution is -2.53. The molecule has 1 aromatic heterocycles. The lowest BCUT2D eigenvalue weighted by molar-refractivity contribution is -0.274. The van der Waals surface area contributed by atoms with E-state index in [1.165, 1.54) is 12.1 Å². The molecule has 2 aromatic rings. The fourth-order valence-electron chi connectivity index (χ4n) is 3.27. The van der Waals surface area contributed by atoms with E-state index in [-0.39, 0.29) is 30.2 Å². The summed E-state index contributed by atoms with van der Waals surface area (Å²) in [6.45, 7) is 6.06. The number of alkyl halides is 3. The smallest absolute Gasteiger partial charge is 0.406 e. The van der Waals surface area contributed by atoms with Gasteiger partial charge in [-0.05, 0) is 38.1 Å². The van der Waals surface area contributed by atoms with Gasteiger partial charge in [-0.15, -0.1) is 13.2 Å². The topological polar surface area (TPSA) is 99.9 Å². The summed E-state index contributed by atoms with van der Waals surface area (Å²) >= 11 is 0. The minimum atomic E-state index is -4.76. The summed E-state index contributed by atoms with van der Waals surface area (Å²) in [5.74, 6) is -0.546. The third kappa shape index (κ3) is 6.95. The predicted molar refractivity (Wildman–Crippen MR) is 109 cm³/mol. The third-order valence-corrected chi connectivity index (χ3v) is 4.95. The number of amides is 2. The first-order valence-electron chi connectivity index (χ1n) is 9.95. The number of nitrogens with one attached hydrogen (secondary N) is 2. The number of halogens is 3. The van der Waals surface area contributed by atoms with Crippen LogP contribution in [0.1, 0.15) is 12.6 Å². The number of benzene rings is 1. The Hall–Kier alpha value is -3.12. The van der Waals surface area contributed by atoms with Gasteiger partial charge in [0.1, 0.15) is 5.75 Å². The van der Waals surface area contributed by atoms with E-state index in [0.29, 0.717) is 43.4 Å². The normalized spacial score (nSPS) is 16.4. The van der Waals surface area contributed by atoms with E-state index in [2.05, 4.69) is 20.5 Å². The zero-order valence-corrected chi connectivity index (χ0v) is 17.6. The Morgan fingerprint density at radius 1 is 1.16 bits per heavy atom. The van der Waals surface area contributed by atoms with Crippen molar-refractivity contribution in [3.63, 3.8) is 0 Å². The van der Waals surface area contributed by atoms with Crippen molar-refractivity contribution in [3.8, 4) is 5.75 Å². The van der Waals surface area contributed by atoms with Crippen LogP contribution < -0.4 is 15.4 Å². The maximum absolute atomic E-state index is 12.4. The second-order valence-electron chi connectivity index (χ2n) is 7.43. The molecule has 0 radical (unpaired) electrons. The molecule has 1 aromatic carbocycles. The van der Waals surface area contributed by atoms with Gasteiger partial charge >= 0.3 is 6.36 Å². The molecule has 32 heavy (non-hydrogen) atoms. The minimum Gasteiger partial charge on any atom is -0.406 e. The standard InChI is InChI=1S/C20H24F3N5O4/c1-13-11-18(32-26-13)25-19(30)14(2)28-9-7-27(8-10-28)12-17(29)24-15-3-5-16(6-4-15)31-20(21,22)23/h3-6,11,14H,7-10,12H2,1-2H3,(H,24,29)(H,25,30)/t14-/m1/s1. The number of aromatic nitrogens is 1. The van der Waals surface area contributed by atoms with Crippen LogP contribution in [0.5, 0.6) is 5.75 Å². The van der Waals surface area contributed by atoms with Gasteiger partial charge in [-0.2, -0.15) is 0 Å². The number of piperazine rings is 1. The zero-order valence-electron chi connectivity index (χ0n) is 17.6. The van der Waals surface area contributed by atoms with Crippen LogP contribution in [0.15, 0.2) is 34.9 Å². The van der Waals surface area contributed by atoms with Crippen LogP contribution in [0, 0.1) is 6.92 Å². The number of rotatable bonds is 7. The van der Waals surface area contributed by atoms with Crippen molar-refractivity contribution in [2.75, 3.05) is 43.4 Å². The van der Waals surface area contributed by atoms with E-state index < -0.39 is 6.36 Å². The van der Waals surface area contributed by atoms with E-state index in [9.17, 15) is 22.8 Å². The summed E-state index contributed by atoms with van der Waals surface area (Å²) in [4.78, 5) is 28.6. The molecule has 0 spiro atoms. The van der Waals surface area contributed by atoms with Crippen molar-refractivity contribution in [2.45, 2.75) is 26.3 Å². The molecule has 2 heterocycles. The number of hydrogen-bond acceptors (Lipinski definition) is 7. The molecule has 2 amide bonds. The molecule has 0 bridgehead atoms. The van der Waals surface area contributed by atoms with Crippen molar-refractivity contribution < 1.29 is 32.0 Å². The molecule has 1 saturated heterocycles. The first-order valence-corrected chi connectivity index (χ1v) is 9.95. The molecule has 1 fully saturated rings. The van der Waals surface area contributed by atoms with Gasteiger partial charge in [-0.3, -0.25) is 24.7 Å². The monoisotopic (exact) mass is 455 g/mol. The van der Waals surface area contributed by atoms with Crippen LogP contribution in [-0.2, 0) is 9.59 Å². The van der Waals surface area contributed by atoms with Gasteiger partial charge in [0, 0.05) is 37.9 Å². The van der Waals surface area contributed by atoms with Crippen LogP contribution in [0.3, 0.4) is 0 Å². The highest BCUT2D eigenvalue weighted by atomic mass is 19.4. The highest BCUT2D eigenvalue weighted by Crippen LogP contribution is 2.24. The highest BCUT2D eigenvalue weighted by Gasteiger charge is 2.31. The van der Waals surface area contributed by atoms with Crippen molar-refractivity contribution in [1.29, 1.82) is 0 Å². The molecular formula is C20H24F3N5O4. The maximum Gasteiger partial charge on any atom is 0.573 e. The Morgan fingerprint density at radius 3 is 2.38 bits per heavy atom. The van der Waals surface area contributed by atoms with Crippen LogP contribution in [-0.4, -0.2) is 71.9 Å². The van der Waals surface area contributed by atoms with E-state index in [0.717, 1.165) is 12.1 Å². The van der Waals surface area contributed by atoms with Gasteiger partial charge in [0.15, 0.2) is 0 Å². The fraction of sp³-hybridized carbons (Fsp3) is 0.450. The van der Waals surface area contributed by atoms with E-state index in [4.69, 9.17) is 4.52 Å². The Bertz CT molecular complexity index is 924. The summed E-state index contributed by atoms with van der Waals surface area (Å²) in [5, 5.41) is 9.07. The minimum absolute atomic E-state index is 0.132. The van der Waals surface area contributed by atoms with Gasteiger partial charge in [0.05, 0.1) is 18.3 Å². The first-order chi connectivity index (χ1) is 15.1. The van der Waals surface area contributed by atoms with Crippen LogP contribution in [0.2, 0.25) is 0 Å². The molecule has 2 N–H and O–H groups in total. The number of hydrogen-bond donors (Lipinski definition) is 2. The largest absolute Gasteiger partial charge is 0.573 e. The summed E-state index contributed by atoms with van der Waals surface area (Å²) in [6.07, 6.45) is -4.76. The molecule has 12 heteroatoms. The molecule has 3 rings (SSSR count). The SMILES string of the molecule is Cc1cc(NC(=O)[C@@H](C)N2CCN(CC(=O)Nc3ccc(OC(F)(F)F)cc3)CC2)on1. The Morgan fingerprint density at radius 2 is 1.81 bits per heavy atom. The summed E-state index contributed by atoms with van der Waals surface area (Å²) < 4.78 is 45.4. The second-order valence-corrected chi connectivity index (χ2v) is 7.43. The summed E-state index contributed by atoms with van der Waals surface area (Å²) in [6, 6.07) is 6.20. The van der Waals surface area contributed by atoms with Crippen LogP contribution in [0.4, 0.5) is 24.7 Å². The van der Waals surface area contributed by atoms with Gasteiger partial charge in [0.25, 0.3) is 0 Å². The number of carbonyl (C=O) groups excluding carboxylic acids is 2. The van der Waals surface area contributed by atoms with Crippen LogP contribution >= 0.6 is 0 Å². The number of ether oxygens (including phenoxy) is 1. The van der Waals surface area contributed by atoms with Crippen LogP contribution in [0.25, 0.3) is 0 Å². The lowest BCUT2D eigenvalue weighted by Gasteiger charge is -2.36. The molecule has 1 aliphatic heterocycles. The maximum atomic E-state index is 12.4. The third-order valence-electron chi connectivity index (χ3n) is 4.95. The number of anilines is 2. The molecule has 9 nitrogen and oxygen atoms in total. The summed E-state index contributed by atoms with van der Waals surface area (Å²) in [7, 11) is 0. The number of aryl methyl sites for hydroxylation is 1. The average Bonchev–Trinajstić information content (AvgIpc) is 3.13. The first kappa shape index (κ1) is 23.5.